The summed E-state index contributed by atoms with van der Waals surface area (Å²) in [5, 5.41) is 0. The Balaban J connectivity index is 1.83. The van der Waals surface area contributed by atoms with Gasteiger partial charge in [0, 0.05) is 16.1 Å². The molecule has 0 amide bonds. The van der Waals surface area contributed by atoms with Gasteiger partial charge < -0.3 is 18.9 Å². The molecule has 0 aliphatic carbocycles. The second-order valence-electron chi connectivity index (χ2n) is 4.89. The van der Waals surface area contributed by atoms with E-state index in [4.69, 9.17) is 18.9 Å². The maximum absolute atomic E-state index is 11.8. The molecule has 2 aromatic rings. The minimum Gasteiger partial charge on any atom is -0.493 e. The van der Waals surface area contributed by atoms with Crippen LogP contribution in [0.15, 0.2) is 53.0 Å². The number of para-hydroxylation sites is 1. The largest absolute Gasteiger partial charge is 0.493 e. The molecule has 0 aliphatic rings. The van der Waals surface area contributed by atoms with Crippen molar-refractivity contribution in [1.29, 1.82) is 0 Å². The first-order valence-electron chi connectivity index (χ1n) is 7.58. The Kier molecular flexibility index (Phi) is 7.35. The first kappa shape index (κ1) is 18.9. The van der Waals surface area contributed by atoms with Crippen molar-refractivity contribution in [3.05, 3.63) is 58.6 Å². The van der Waals surface area contributed by atoms with Crippen molar-refractivity contribution >= 4 is 28.0 Å². The highest BCUT2D eigenvalue weighted by molar-refractivity contribution is 9.10. The van der Waals surface area contributed by atoms with Crippen LogP contribution in [0.4, 0.5) is 0 Å². The summed E-state index contributed by atoms with van der Waals surface area (Å²) < 4.78 is 22.1. The summed E-state index contributed by atoms with van der Waals surface area (Å²) >= 11 is 3.37. The van der Waals surface area contributed by atoms with Crippen LogP contribution in [0.5, 0.6) is 17.2 Å². The lowest BCUT2D eigenvalue weighted by molar-refractivity contribution is -0.138. The number of ether oxygens (including phenoxy) is 4. The van der Waals surface area contributed by atoms with Gasteiger partial charge in [-0.1, -0.05) is 34.1 Å². The summed E-state index contributed by atoms with van der Waals surface area (Å²) in [6.45, 7) is 0.434. The standard InChI is InChI=1S/C19H19BrO5/c1-22-17-8-3-5-14(19(17)23-2)9-10-18(21)25-12-11-24-16-7-4-6-15(20)13-16/h3-10,13H,11-12H2,1-2H3. The van der Waals surface area contributed by atoms with Gasteiger partial charge in [0.25, 0.3) is 0 Å². The molecular weight excluding hydrogens is 388 g/mol. The second kappa shape index (κ2) is 9.74. The average Bonchev–Trinajstić information content (AvgIpc) is 2.63. The molecule has 25 heavy (non-hydrogen) atoms. The Morgan fingerprint density at radius 2 is 1.88 bits per heavy atom. The van der Waals surface area contributed by atoms with E-state index >= 15 is 0 Å². The number of carbonyl (C=O) groups is 1. The molecule has 0 bridgehead atoms. The van der Waals surface area contributed by atoms with E-state index < -0.39 is 5.97 Å². The van der Waals surface area contributed by atoms with Crippen LogP contribution in [-0.4, -0.2) is 33.4 Å². The van der Waals surface area contributed by atoms with Gasteiger partial charge in [0.15, 0.2) is 11.5 Å². The van der Waals surface area contributed by atoms with Crippen molar-refractivity contribution in [3.63, 3.8) is 0 Å². The summed E-state index contributed by atoms with van der Waals surface area (Å²) in [4.78, 5) is 11.8. The summed E-state index contributed by atoms with van der Waals surface area (Å²) in [5.41, 5.74) is 0.726. The molecule has 0 aliphatic heterocycles. The third-order valence-electron chi connectivity index (χ3n) is 3.22. The first-order valence-corrected chi connectivity index (χ1v) is 8.37. The number of benzene rings is 2. The fourth-order valence-electron chi connectivity index (χ4n) is 2.11. The van der Waals surface area contributed by atoms with E-state index in [9.17, 15) is 4.79 Å². The highest BCUT2D eigenvalue weighted by atomic mass is 79.9. The highest BCUT2D eigenvalue weighted by Gasteiger charge is 2.07. The van der Waals surface area contributed by atoms with Crippen molar-refractivity contribution in [2.45, 2.75) is 0 Å². The Bertz CT molecular complexity index is 742. The molecule has 0 N–H and O–H groups in total. The van der Waals surface area contributed by atoms with Crippen molar-refractivity contribution in [2.24, 2.45) is 0 Å². The maximum atomic E-state index is 11.8. The van der Waals surface area contributed by atoms with E-state index in [0.717, 1.165) is 10.0 Å². The minimum atomic E-state index is -0.456. The predicted octanol–water partition coefficient (Wildman–Crippen LogP) is 4.10. The molecule has 0 unspecified atom stereocenters. The number of methoxy groups -OCH3 is 2. The van der Waals surface area contributed by atoms with Crippen molar-refractivity contribution < 1.29 is 23.7 Å². The quantitative estimate of drug-likeness (QED) is 0.375. The Labute approximate surface area is 155 Å². The third kappa shape index (κ3) is 5.83. The van der Waals surface area contributed by atoms with Gasteiger partial charge in [0.2, 0.25) is 0 Å². The van der Waals surface area contributed by atoms with Gasteiger partial charge in [0.1, 0.15) is 19.0 Å². The minimum absolute atomic E-state index is 0.158. The highest BCUT2D eigenvalue weighted by Crippen LogP contribution is 2.31. The predicted molar refractivity (Wildman–Crippen MR) is 99.2 cm³/mol. The van der Waals surface area contributed by atoms with Crippen LogP contribution in [0.25, 0.3) is 6.08 Å². The number of carbonyl (C=O) groups excluding carboxylic acids is 1. The zero-order valence-corrected chi connectivity index (χ0v) is 15.6. The van der Waals surface area contributed by atoms with Crippen molar-refractivity contribution in [3.8, 4) is 17.2 Å². The Morgan fingerprint density at radius 3 is 2.60 bits per heavy atom. The lowest BCUT2D eigenvalue weighted by Crippen LogP contribution is -2.10. The molecule has 0 spiro atoms. The van der Waals surface area contributed by atoms with Crippen LogP contribution in [0.1, 0.15) is 5.56 Å². The fraction of sp³-hybridized carbons (Fsp3) is 0.211. The lowest BCUT2D eigenvalue weighted by atomic mass is 10.1. The maximum Gasteiger partial charge on any atom is 0.330 e. The molecule has 0 heterocycles. The van der Waals surface area contributed by atoms with Crippen LogP contribution < -0.4 is 14.2 Å². The third-order valence-corrected chi connectivity index (χ3v) is 3.72. The fourth-order valence-corrected chi connectivity index (χ4v) is 2.49. The normalized spacial score (nSPS) is 10.5. The smallest absolute Gasteiger partial charge is 0.330 e. The molecule has 0 radical (unpaired) electrons. The number of halogens is 1. The van der Waals surface area contributed by atoms with E-state index in [0.29, 0.717) is 17.2 Å². The van der Waals surface area contributed by atoms with Crippen LogP contribution >= 0.6 is 15.9 Å². The van der Waals surface area contributed by atoms with Gasteiger partial charge in [-0.3, -0.25) is 0 Å². The SMILES string of the molecule is COc1cccc(C=CC(=O)OCCOc2cccc(Br)c2)c1OC. The molecule has 2 rings (SSSR count). The second-order valence-corrected chi connectivity index (χ2v) is 5.81. The molecule has 0 saturated heterocycles. The average molecular weight is 407 g/mol. The van der Waals surface area contributed by atoms with E-state index in [1.165, 1.54) is 6.08 Å². The Hall–Kier alpha value is -2.47. The molecule has 0 saturated carbocycles. The van der Waals surface area contributed by atoms with Gasteiger partial charge in [-0.15, -0.1) is 0 Å². The van der Waals surface area contributed by atoms with E-state index in [-0.39, 0.29) is 13.2 Å². The van der Waals surface area contributed by atoms with Crippen molar-refractivity contribution in [2.75, 3.05) is 27.4 Å². The molecule has 2 aromatic carbocycles. The van der Waals surface area contributed by atoms with Gasteiger partial charge >= 0.3 is 5.97 Å². The van der Waals surface area contributed by atoms with Crippen LogP contribution in [0.3, 0.4) is 0 Å². The molecule has 0 aromatic heterocycles. The van der Waals surface area contributed by atoms with Gasteiger partial charge in [-0.2, -0.15) is 0 Å². The van der Waals surface area contributed by atoms with Gasteiger partial charge in [-0.05, 0) is 30.3 Å². The van der Waals surface area contributed by atoms with Crippen LogP contribution in [0, 0.1) is 0 Å². The summed E-state index contributed by atoms with van der Waals surface area (Å²) in [5.74, 6) is 1.41. The number of hydrogen-bond acceptors (Lipinski definition) is 5. The van der Waals surface area contributed by atoms with E-state index in [1.54, 1.807) is 26.4 Å². The monoisotopic (exact) mass is 406 g/mol. The molecule has 6 heteroatoms. The Morgan fingerprint density at radius 1 is 1.08 bits per heavy atom. The summed E-state index contributed by atoms with van der Waals surface area (Å²) in [6.07, 6.45) is 2.97. The number of rotatable bonds is 8. The molecule has 0 atom stereocenters. The first-order chi connectivity index (χ1) is 12.1. The zero-order chi connectivity index (χ0) is 18.1. The topological polar surface area (TPSA) is 54.0 Å². The zero-order valence-electron chi connectivity index (χ0n) is 14.0. The van der Waals surface area contributed by atoms with E-state index in [2.05, 4.69) is 15.9 Å². The van der Waals surface area contributed by atoms with Crippen LogP contribution in [0.2, 0.25) is 0 Å². The summed E-state index contributed by atoms with van der Waals surface area (Å²) in [7, 11) is 3.11. The van der Waals surface area contributed by atoms with E-state index in [1.807, 2.05) is 36.4 Å². The van der Waals surface area contributed by atoms with Crippen LogP contribution in [-0.2, 0) is 9.53 Å². The number of hydrogen-bond donors (Lipinski definition) is 0. The lowest BCUT2D eigenvalue weighted by Gasteiger charge is -2.09. The molecular formula is C19H19BrO5. The molecule has 5 nitrogen and oxygen atoms in total. The molecule has 132 valence electrons. The van der Waals surface area contributed by atoms with Crippen molar-refractivity contribution in [1.82, 2.24) is 0 Å². The van der Waals surface area contributed by atoms with Gasteiger partial charge in [0.05, 0.1) is 14.2 Å². The summed E-state index contributed by atoms with van der Waals surface area (Å²) in [6, 6.07) is 12.9. The number of esters is 1. The van der Waals surface area contributed by atoms with Gasteiger partial charge in [-0.25, -0.2) is 4.79 Å². The molecule has 0 fully saturated rings.